The van der Waals surface area contributed by atoms with Crippen LogP contribution in [0.1, 0.15) is 24.8 Å². The van der Waals surface area contributed by atoms with Crippen LogP contribution in [0.2, 0.25) is 5.02 Å². The maximum atomic E-state index is 12.8. The second kappa shape index (κ2) is 9.14. The van der Waals surface area contributed by atoms with Gasteiger partial charge in [0.1, 0.15) is 24.2 Å². The molecule has 1 aliphatic heterocycles. The van der Waals surface area contributed by atoms with Crippen LogP contribution in [0.5, 0.6) is 11.5 Å². The van der Waals surface area contributed by atoms with Crippen LogP contribution in [0.4, 0.5) is 5.69 Å². The summed E-state index contributed by atoms with van der Waals surface area (Å²) in [4.78, 5) is 16.8. The molecule has 1 heterocycles. The van der Waals surface area contributed by atoms with Crippen molar-refractivity contribution in [3.8, 4) is 11.5 Å². The Morgan fingerprint density at radius 2 is 1.90 bits per heavy atom. The van der Waals surface area contributed by atoms with E-state index in [4.69, 9.17) is 21.1 Å². The summed E-state index contributed by atoms with van der Waals surface area (Å²) in [7, 11) is 1.64. The van der Waals surface area contributed by atoms with Gasteiger partial charge in [-0.2, -0.15) is 0 Å². The van der Waals surface area contributed by atoms with Crippen molar-refractivity contribution in [3.05, 3.63) is 53.1 Å². The standard InChI is InChI=1S/C23H27ClN2O4/c1-29-21-8-9-22-16(12-21)13-26(18-4-5-18)23(28)10-11-25(22)14-19(27)15-30-20-6-2-17(24)3-7-20/h2-3,6-9,12,18-19,27H,4-5,10-11,13-15H2,1H3/t19-/m0/s1. The molecule has 0 saturated heterocycles. The molecule has 2 aliphatic rings. The highest BCUT2D eigenvalue weighted by Gasteiger charge is 2.34. The van der Waals surface area contributed by atoms with E-state index in [-0.39, 0.29) is 12.5 Å². The SMILES string of the molecule is COc1ccc2c(c1)CN(C1CC1)C(=O)CCN2C[C@H](O)COc1ccc(Cl)cc1. The van der Waals surface area contributed by atoms with Crippen molar-refractivity contribution in [2.45, 2.75) is 38.0 Å². The van der Waals surface area contributed by atoms with Gasteiger partial charge in [-0.05, 0) is 60.9 Å². The minimum atomic E-state index is -0.704. The van der Waals surface area contributed by atoms with Crippen LogP contribution >= 0.6 is 11.6 Å². The molecule has 0 bridgehead atoms. The number of β-amino-alcohol motifs (C(OH)–C–C–N with tert-alkyl or cyclic N) is 1. The number of anilines is 1. The van der Waals surface area contributed by atoms with E-state index in [2.05, 4.69) is 4.90 Å². The van der Waals surface area contributed by atoms with Crippen LogP contribution in [0, 0.1) is 0 Å². The first kappa shape index (κ1) is 20.8. The number of carbonyl (C=O) groups is 1. The maximum absolute atomic E-state index is 12.8. The van der Waals surface area contributed by atoms with Crippen molar-refractivity contribution in [2.75, 3.05) is 31.7 Å². The number of aliphatic hydroxyl groups is 1. The lowest BCUT2D eigenvalue weighted by atomic mass is 10.1. The molecule has 2 aromatic carbocycles. The number of halogens is 1. The van der Waals surface area contributed by atoms with Crippen LogP contribution in [-0.4, -0.2) is 54.9 Å². The zero-order valence-corrected chi connectivity index (χ0v) is 17.8. The van der Waals surface area contributed by atoms with Gasteiger partial charge in [0.05, 0.1) is 7.11 Å². The highest BCUT2D eigenvalue weighted by atomic mass is 35.5. The lowest BCUT2D eigenvalue weighted by Gasteiger charge is -2.34. The Morgan fingerprint density at radius 1 is 1.17 bits per heavy atom. The minimum absolute atomic E-state index is 0.158. The smallest absolute Gasteiger partial charge is 0.224 e. The first-order valence-corrected chi connectivity index (χ1v) is 10.7. The Hall–Kier alpha value is -2.44. The Kier molecular flexibility index (Phi) is 6.35. The average molecular weight is 431 g/mol. The first-order chi connectivity index (χ1) is 14.5. The van der Waals surface area contributed by atoms with Gasteiger partial charge >= 0.3 is 0 Å². The minimum Gasteiger partial charge on any atom is -0.497 e. The molecule has 0 unspecified atom stereocenters. The molecule has 1 saturated carbocycles. The molecule has 1 amide bonds. The molecule has 1 fully saturated rings. The number of nitrogens with zero attached hydrogens (tertiary/aromatic N) is 2. The number of benzene rings is 2. The molecule has 1 atom stereocenters. The Labute approximate surface area is 181 Å². The van der Waals surface area contributed by atoms with Gasteiger partial charge in [-0.25, -0.2) is 0 Å². The third-order valence-electron chi connectivity index (χ3n) is 5.56. The van der Waals surface area contributed by atoms with Crippen molar-refractivity contribution < 1.29 is 19.4 Å². The average Bonchev–Trinajstić information content (AvgIpc) is 3.58. The zero-order chi connectivity index (χ0) is 21.1. The molecule has 4 rings (SSSR count). The highest BCUT2D eigenvalue weighted by Crippen LogP contribution is 2.34. The van der Waals surface area contributed by atoms with Gasteiger partial charge in [0.25, 0.3) is 0 Å². The molecule has 0 spiro atoms. The zero-order valence-electron chi connectivity index (χ0n) is 17.1. The summed E-state index contributed by atoms with van der Waals surface area (Å²) in [6.45, 7) is 1.67. The molecule has 7 heteroatoms. The predicted octanol–water partition coefficient (Wildman–Crippen LogP) is 3.49. The van der Waals surface area contributed by atoms with Crippen LogP contribution < -0.4 is 14.4 Å². The molecule has 160 valence electrons. The Morgan fingerprint density at radius 3 is 2.60 bits per heavy atom. The number of hydrogen-bond donors (Lipinski definition) is 1. The number of fused-ring (bicyclic) bond motifs is 1. The largest absolute Gasteiger partial charge is 0.497 e. The fourth-order valence-electron chi connectivity index (χ4n) is 3.83. The van der Waals surface area contributed by atoms with E-state index in [0.29, 0.717) is 42.9 Å². The Balaban J connectivity index is 1.48. The summed E-state index contributed by atoms with van der Waals surface area (Å²) >= 11 is 5.90. The molecule has 1 N–H and O–H groups in total. The second-order valence-electron chi connectivity index (χ2n) is 7.86. The fourth-order valence-corrected chi connectivity index (χ4v) is 3.96. The van der Waals surface area contributed by atoms with E-state index in [0.717, 1.165) is 29.8 Å². The molecule has 1 aliphatic carbocycles. The van der Waals surface area contributed by atoms with E-state index in [1.54, 1.807) is 31.4 Å². The molecule has 6 nitrogen and oxygen atoms in total. The summed E-state index contributed by atoms with van der Waals surface area (Å²) < 4.78 is 11.1. The summed E-state index contributed by atoms with van der Waals surface area (Å²) in [6, 6.07) is 13.4. The van der Waals surface area contributed by atoms with Gasteiger partial charge in [-0.1, -0.05) is 11.6 Å². The maximum Gasteiger partial charge on any atom is 0.224 e. The Bertz CT molecular complexity index is 885. The van der Waals surface area contributed by atoms with E-state index < -0.39 is 6.10 Å². The molecular formula is C23H27ClN2O4. The van der Waals surface area contributed by atoms with Gasteiger partial charge in [0.2, 0.25) is 5.91 Å². The molecule has 0 aromatic heterocycles. The predicted molar refractivity (Wildman–Crippen MR) is 116 cm³/mol. The number of methoxy groups -OCH3 is 1. The van der Waals surface area contributed by atoms with E-state index >= 15 is 0 Å². The van der Waals surface area contributed by atoms with E-state index in [9.17, 15) is 9.90 Å². The van der Waals surface area contributed by atoms with Crippen LogP contribution in [-0.2, 0) is 11.3 Å². The third-order valence-corrected chi connectivity index (χ3v) is 5.81. The number of ether oxygens (including phenoxy) is 2. The normalized spacial score (nSPS) is 17.8. The van der Waals surface area contributed by atoms with Gasteiger partial charge in [0, 0.05) is 42.8 Å². The first-order valence-electron chi connectivity index (χ1n) is 10.3. The van der Waals surface area contributed by atoms with Crippen LogP contribution in [0.25, 0.3) is 0 Å². The fraction of sp³-hybridized carbons (Fsp3) is 0.435. The molecule has 2 aromatic rings. The van der Waals surface area contributed by atoms with Crippen LogP contribution in [0.15, 0.2) is 42.5 Å². The van der Waals surface area contributed by atoms with Crippen molar-refractivity contribution in [1.29, 1.82) is 0 Å². The van der Waals surface area contributed by atoms with Crippen LogP contribution in [0.3, 0.4) is 0 Å². The topological polar surface area (TPSA) is 62.2 Å². The van der Waals surface area contributed by atoms with Gasteiger partial charge in [-0.15, -0.1) is 0 Å². The number of aliphatic hydroxyl groups excluding tert-OH is 1. The molecular weight excluding hydrogens is 404 g/mol. The quantitative estimate of drug-likeness (QED) is 0.728. The van der Waals surface area contributed by atoms with Crippen molar-refractivity contribution in [1.82, 2.24) is 4.90 Å². The number of rotatable bonds is 7. The third kappa shape index (κ3) is 4.99. The molecule has 30 heavy (non-hydrogen) atoms. The lowest BCUT2D eigenvalue weighted by molar-refractivity contribution is -0.132. The van der Waals surface area contributed by atoms with Gasteiger partial charge in [0.15, 0.2) is 0 Å². The van der Waals surface area contributed by atoms with E-state index in [1.165, 1.54) is 0 Å². The van der Waals surface area contributed by atoms with Crippen molar-refractivity contribution in [2.24, 2.45) is 0 Å². The summed E-state index contributed by atoms with van der Waals surface area (Å²) in [5.41, 5.74) is 2.07. The molecule has 0 radical (unpaired) electrons. The highest BCUT2D eigenvalue weighted by molar-refractivity contribution is 6.30. The second-order valence-corrected chi connectivity index (χ2v) is 8.30. The summed E-state index contributed by atoms with van der Waals surface area (Å²) in [5, 5.41) is 11.2. The summed E-state index contributed by atoms with van der Waals surface area (Å²) in [6.07, 6.45) is 1.89. The number of carbonyl (C=O) groups excluding carboxylic acids is 1. The van der Waals surface area contributed by atoms with Gasteiger partial charge < -0.3 is 24.4 Å². The van der Waals surface area contributed by atoms with Crippen molar-refractivity contribution in [3.63, 3.8) is 0 Å². The number of hydrogen-bond acceptors (Lipinski definition) is 5. The van der Waals surface area contributed by atoms with Gasteiger partial charge in [-0.3, -0.25) is 4.79 Å². The number of amides is 1. The lowest BCUT2D eigenvalue weighted by Crippen LogP contribution is -2.42. The summed E-state index contributed by atoms with van der Waals surface area (Å²) in [5.74, 6) is 1.60. The van der Waals surface area contributed by atoms with E-state index in [1.807, 2.05) is 23.1 Å². The monoisotopic (exact) mass is 430 g/mol. The van der Waals surface area contributed by atoms with Crippen molar-refractivity contribution >= 4 is 23.2 Å².